The molecule has 12 heteroatoms. The van der Waals surface area contributed by atoms with Crippen LogP contribution in [0, 0.1) is 5.82 Å². The summed E-state index contributed by atoms with van der Waals surface area (Å²) in [6, 6.07) is 1.84. The normalized spacial score (nSPS) is 17.4. The van der Waals surface area contributed by atoms with Crippen molar-refractivity contribution in [1.29, 1.82) is 0 Å². The number of nitrogens with one attached hydrogen (secondary N) is 1. The molecule has 0 spiro atoms. The second-order valence-corrected chi connectivity index (χ2v) is 7.72. The minimum Gasteiger partial charge on any atom is -0.492 e. The van der Waals surface area contributed by atoms with Gasteiger partial charge in [-0.1, -0.05) is 29.3 Å². The molecule has 0 bridgehead atoms. The van der Waals surface area contributed by atoms with E-state index in [-0.39, 0.29) is 39.2 Å². The predicted molar refractivity (Wildman–Crippen MR) is 96.7 cm³/mol. The number of esters is 1. The summed E-state index contributed by atoms with van der Waals surface area (Å²) < 4.78 is 51.2. The van der Waals surface area contributed by atoms with E-state index in [1.807, 2.05) is 0 Å². The van der Waals surface area contributed by atoms with E-state index in [9.17, 15) is 17.6 Å². The molecule has 0 fully saturated rings. The SMILES string of the molecule is COC(=O)C1=NC(c2ccc(Cl)c(OC)c2F)CC(NOS(C)(=O)=O)=C1Cl. The van der Waals surface area contributed by atoms with E-state index in [0.29, 0.717) is 0 Å². The molecule has 1 heterocycles. The fourth-order valence-corrected chi connectivity index (χ4v) is 3.02. The third kappa shape index (κ3) is 4.89. The van der Waals surface area contributed by atoms with Crippen molar-refractivity contribution >= 4 is 45.0 Å². The third-order valence-corrected chi connectivity index (χ3v) is 4.58. The number of carbonyl (C=O) groups excluding carboxylic acids is 1. The molecule has 0 radical (unpaired) electrons. The summed E-state index contributed by atoms with van der Waals surface area (Å²) in [7, 11) is -1.50. The molecule has 0 aliphatic carbocycles. The number of nitrogens with zero attached hydrogens (tertiary/aromatic N) is 1. The van der Waals surface area contributed by atoms with Crippen LogP contribution in [-0.2, 0) is 23.9 Å². The molecule has 1 aromatic rings. The van der Waals surface area contributed by atoms with Crippen molar-refractivity contribution in [1.82, 2.24) is 5.48 Å². The number of aliphatic imine (C=N–C) groups is 1. The van der Waals surface area contributed by atoms with Gasteiger partial charge in [-0.2, -0.15) is 12.7 Å². The van der Waals surface area contributed by atoms with Crippen LogP contribution in [0.2, 0.25) is 5.02 Å². The van der Waals surface area contributed by atoms with E-state index < -0.39 is 27.9 Å². The van der Waals surface area contributed by atoms with E-state index in [0.717, 1.165) is 13.4 Å². The zero-order valence-corrected chi connectivity index (χ0v) is 16.7. The van der Waals surface area contributed by atoms with Gasteiger partial charge in [0, 0.05) is 12.0 Å². The zero-order chi connectivity index (χ0) is 20.4. The zero-order valence-electron chi connectivity index (χ0n) is 14.4. The first-order valence-corrected chi connectivity index (χ1v) is 9.87. The third-order valence-electron chi connectivity index (χ3n) is 3.49. The van der Waals surface area contributed by atoms with Crippen LogP contribution in [0.1, 0.15) is 18.0 Å². The monoisotopic (exact) mass is 440 g/mol. The van der Waals surface area contributed by atoms with Gasteiger partial charge in [0.25, 0.3) is 10.1 Å². The first kappa shape index (κ1) is 21.4. The maximum atomic E-state index is 14.7. The standard InChI is InChI=1S/C15H15Cl2FN2O6S/c1-24-14-8(16)5-4-7(12(14)18)9-6-10(20-26-27(3,22)23)11(17)13(19-9)15(21)25-2/h4-5,9,20H,6H2,1-3H3. The molecule has 1 atom stereocenters. The smallest absolute Gasteiger partial charge is 0.357 e. The fraction of sp³-hybridized carbons (Fsp3) is 0.333. The number of hydrogen-bond donors (Lipinski definition) is 1. The Morgan fingerprint density at radius 1 is 1.33 bits per heavy atom. The number of methoxy groups -OCH3 is 2. The summed E-state index contributed by atoms with van der Waals surface area (Å²) in [6.45, 7) is 0. The summed E-state index contributed by atoms with van der Waals surface area (Å²) in [5.41, 5.74) is 1.92. The van der Waals surface area contributed by atoms with E-state index in [1.54, 1.807) is 0 Å². The first-order valence-electron chi connectivity index (χ1n) is 7.30. The molecular formula is C15H15Cl2FN2O6S. The molecule has 0 saturated carbocycles. The lowest BCUT2D eigenvalue weighted by Gasteiger charge is -2.24. The van der Waals surface area contributed by atoms with Gasteiger partial charge in [-0.05, 0) is 6.07 Å². The molecule has 0 amide bonds. The number of dihydropyridines is 1. The quantitative estimate of drug-likeness (QED) is 0.535. The molecule has 1 aromatic carbocycles. The molecule has 27 heavy (non-hydrogen) atoms. The van der Waals surface area contributed by atoms with Gasteiger partial charge in [0.2, 0.25) is 0 Å². The molecule has 0 saturated heterocycles. The number of hydroxylamine groups is 1. The van der Waals surface area contributed by atoms with Gasteiger partial charge in [0.1, 0.15) is 0 Å². The van der Waals surface area contributed by atoms with E-state index in [4.69, 9.17) is 27.9 Å². The average Bonchev–Trinajstić information content (AvgIpc) is 2.60. The van der Waals surface area contributed by atoms with Crippen LogP contribution >= 0.6 is 23.2 Å². The lowest BCUT2D eigenvalue weighted by atomic mass is 9.98. The van der Waals surface area contributed by atoms with Crippen LogP contribution in [0.15, 0.2) is 27.9 Å². The second kappa shape index (κ2) is 8.42. The van der Waals surface area contributed by atoms with Gasteiger partial charge in [0.15, 0.2) is 17.3 Å². The Bertz CT molecular complexity index is 932. The number of ether oxygens (including phenoxy) is 2. The number of halogens is 3. The summed E-state index contributed by atoms with van der Waals surface area (Å²) in [5, 5.41) is -0.151. The van der Waals surface area contributed by atoms with Crippen molar-refractivity contribution < 1.29 is 31.4 Å². The number of hydrogen-bond acceptors (Lipinski definition) is 8. The van der Waals surface area contributed by atoms with Crippen molar-refractivity contribution in [3.05, 3.63) is 39.3 Å². The topological polar surface area (TPSA) is 103 Å². The highest BCUT2D eigenvalue weighted by molar-refractivity contribution is 7.85. The van der Waals surface area contributed by atoms with E-state index >= 15 is 0 Å². The predicted octanol–water partition coefficient (Wildman–Crippen LogP) is 2.48. The molecule has 2 rings (SSSR count). The minimum atomic E-state index is -3.87. The molecular weight excluding hydrogens is 426 g/mol. The Morgan fingerprint density at radius 2 is 2.00 bits per heavy atom. The van der Waals surface area contributed by atoms with Crippen LogP contribution in [0.4, 0.5) is 4.39 Å². The van der Waals surface area contributed by atoms with E-state index in [1.165, 1.54) is 19.2 Å². The van der Waals surface area contributed by atoms with Crippen molar-refractivity contribution in [3.8, 4) is 5.75 Å². The number of carbonyl (C=O) groups is 1. The van der Waals surface area contributed by atoms with Gasteiger partial charge >= 0.3 is 5.97 Å². The summed E-state index contributed by atoms with van der Waals surface area (Å²) in [5.74, 6) is -1.85. The Morgan fingerprint density at radius 3 is 2.56 bits per heavy atom. The highest BCUT2D eigenvalue weighted by atomic mass is 35.5. The maximum Gasteiger partial charge on any atom is 0.357 e. The summed E-state index contributed by atoms with van der Waals surface area (Å²) in [6.07, 6.45) is 0.727. The van der Waals surface area contributed by atoms with Gasteiger partial charge in [-0.25, -0.2) is 9.18 Å². The molecule has 8 nitrogen and oxygen atoms in total. The van der Waals surface area contributed by atoms with Crippen molar-refractivity contribution in [2.75, 3.05) is 20.5 Å². The Balaban J connectivity index is 2.50. The molecule has 1 aliphatic rings. The second-order valence-electron chi connectivity index (χ2n) is 5.36. The van der Waals surface area contributed by atoms with Crippen molar-refractivity contribution in [3.63, 3.8) is 0 Å². The van der Waals surface area contributed by atoms with E-state index in [2.05, 4.69) is 19.5 Å². The van der Waals surface area contributed by atoms with Crippen LogP contribution in [-0.4, -0.2) is 40.6 Å². The lowest BCUT2D eigenvalue weighted by molar-refractivity contribution is -0.132. The summed E-state index contributed by atoms with van der Waals surface area (Å²) in [4.78, 5) is 16.1. The highest BCUT2D eigenvalue weighted by Crippen LogP contribution is 2.38. The highest BCUT2D eigenvalue weighted by Gasteiger charge is 2.31. The fourth-order valence-electron chi connectivity index (χ4n) is 2.31. The van der Waals surface area contributed by atoms with Crippen LogP contribution in [0.3, 0.4) is 0 Å². The van der Waals surface area contributed by atoms with Gasteiger partial charge in [0.05, 0.1) is 42.3 Å². The Hall–Kier alpha value is -1.88. The van der Waals surface area contributed by atoms with Gasteiger partial charge in [-0.15, -0.1) is 0 Å². The molecule has 148 valence electrons. The minimum absolute atomic E-state index is 0.0100. The largest absolute Gasteiger partial charge is 0.492 e. The Labute approximate surface area is 165 Å². The molecule has 1 unspecified atom stereocenters. The molecule has 0 aromatic heterocycles. The maximum absolute atomic E-state index is 14.7. The van der Waals surface area contributed by atoms with Crippen LogP contribution in [0.5, 0.6) is 5.75 Å². The Kier molecular flexibility index (Phi) is 6.68. The number of rotatable bonds is 6. The van der Waals surface area contributed by atoms with Crippen molar-refractivity contribution in [2.45, 2.75) is 12.5 Å². The van der Waals surface area contributed by atoms with Gasteiger partial charge in [-0.3, -0.25) is 10.5 Å². The van der Waals surface area contributed by atoms with Crippen LogP contribution < -0.4 is 10.2 Å². The summed E-state index contributed by atoms with van der Waals surface area (Å²) >= 11 is 12.0. The molecule has 1 N–H and O–H groups in total. The molecule has 1 aliphatic heterocycles. The first-order chi connectivity index (χ1) is 12.6. The van der Waals surface area contributed by atoms with Crippen molar-refractivity contribution in [2.24, 2.45) is 4.99 Å². The van der Waals surface area contributed by atoms with Crippen LogP contribution in [0.25, 0.3) is 0 Å². The average molecular weight is 441 g/mol. The number of benzene rings is 1. The lowest BCUT2D eigenvalue weighted by Crippen LogP contribution is -2.29. The van der Waals surface area contributed by atoms with Gasteiger partial charge < -0.3 is 9.47 Å².